The Morgan fingerprint density at radius 1 is 1.12 bits per heavy atom. The molecule has 0 amide bonds. The van der Waals surface area contributed by atoms with Gasteiger partial charge in [-0.25, -0.2) is 4.68 Å². The summed E-state index contributed by atoms with van der Waals surface area (Å²) < 4.78 is 18.7. The molecule has 1 aliphatic heterocycles. The number of aryl methyl sites for hydroxylation is 2. The zero-order valence-corrected chi connectivity index (χ0v) is 24.6. The molecule has 1 fully saturated rings. The third-order valence-electron chi connectivity index (χ3n) is 8.13. The molecule has 0 aliphatic carbocycles. The molecule has 10 heteroatoms. The third kappa shape index (κ3) is 6.44. The first-order valence-corrected chi connectivity index (χ1v) is 14.4. The van der Waals surface area contributed by atoms with Crippen molar-refractivity contribution >= 4 is 10.9 Å². The van der Waals surface area contributed by atoms with Crippen molar-refractivity contribution in [2.75, 3.05) is 27.4 Å². The van der Waals surface area contributed by atoms with Gasteiger partial charge in [-0.15, -0.1) is 5.10 Å². The van der Waals surface area contributed by atoms with Crippen molar-refractivity contribution < 1.29 is 14.2 Å². The van der Waals surface area contributed by atoms with E-state index in [4.69, 9.17) is 14.2 Å². The number of ether oxygens (including phenoxy) is 3. The zero-order chi connectivity index (χ0) is 28.9. The monoisotopic (exact) mass is 560 g/mol. The summed E-state index contributed by atoms with van der Waals surface area (Å²) in [7, 11) is 3.28. The van der Waals surface area contributed by atoms with E-state index in [1.807, 2.05) is 28.9 Å². The van der Waals surface area contributed by atoms with E-state index < -0.39 is 0 Å². The molecule has 1 saturated heterocycles. The highest BCUT2D eigenvalue weighted by atomic mass is 16.5. The van der Waals surface area contributed by atoms with Crippen molar-refractivity contribution in [3.05, 3.63) is 74.8 Å². The van der Waals surface area contributed by atoms with Gasteiger partial charge in [-0.05, 0) is 102 Å². The Bertz CT molecular complexity index is 1540. The van der Waals surface area contributed by atoms with E-state index in [1.165, 1.54) is 5.56 Å². The highest BCUT2D eigenvalue weighted by Gasteiger charge is 2.28. The summed E-state index contributed by atoms with van der Waals surface area (Å²) >= 11 is 0. The summed E-state index contributed by atoms with van der Waals surface area (Å²) in [6, 6.07) is 12.1. The van der Waals surface area contributed by atoms with Gasteiger partial charge in [-0.2, -0.15) is 0 Å². The van der Waals surface area contributed by atoms with E-state index in [-0.39, 0.29) is 17.7 Å². The summed E-state index contributed by atoms with van der Waals surface area (Å²) in [5.74, 6) is 2.18. The van der Waals surface area contributed by atoms with Crippen LogP contribution < -0.4 is 15.0 Å². The summed E-state index contributed by atoms with van der Waals surface area (Å²) in [6.07, 6.45) is 3.70. The summed E-state index contributed by atoms with van der Waals surface area (Å²) in [6.45, 7) is 8.83. The molecule has 1 N–H and O–H groups in total. The Hall–Kier alpha value is -3.76. The zero-order valence-electron chi connectivity index (χ0n) is 24.6. The lowest BCUT2D eigenvalue weighted by atomic mass is 10.0. The molecule has 218 valence electrons. The molecule has 3 heterocycles. The minimum atomic E-state index is -0.0959. The molecule has 0 radical (unpaired) electrons. The van der Waals surface area contributed by atoms with Gasteiger partial charge in [0.05, 0.1) is 32.9 Å². The summed E-state index contributed by atoms with van der Waals surface area (Å²) in [5.41, 5.74) is 4.95. The predicted molar refractivity (Wildman–Crippen MR) is 158 cm³/mol. The normalized spacial score (nSPS) is 16.0. The highest BCUT2D eigenvalue weighted by Crippen LogP contribution is 2.30. The molecular weight excluding hydrogens is 520 g/mol. The topological polar surface area (TPSA) is 107 Å². The molecule has 0 bridgehead atoms. The summed E-state index contributed by atoms with van der Waals surface area (Å²) in [5, 5.41) is 13.9. The van der Waals surface area contributed by atoms with Crippen molar-refractivity contribution in [2.24, 2.45) is 0 Å². The minimum absolute atomic E-state index is 0.0781. The lowest BCUT2D eigenvalue weighted by molar-refractivity contribution is 0.0893. The Kier molecular flexibility index (Phi) is 8.99. The molecule has 1 aliphatic rings. The largest absolute Gasteiger partial charge is 0.493 e. The fraction of sp³-hybridized carbons (Fsp3) is 0.484. The number of tetrazole rings is 1. The fourth-order valence-corrected chi connectivity index (χ4v) is 5.68. The molecular formula is C31H40N6O4. The van der Waals surface area contributed by atoms with E-state index in [0.29, 0.717) is 36.7 Å². The van der Waals surface area contributed by atoms with Crippen LogP contribution >= 0.6 is 0 Å². The van der Waals surface area contributed by atoms with Gasteiger partial charge in [0.2, 0.25) is 0 Å². The van der Waals surface area contributed by atoms with Crippen LogP contribution in [-0.2, 0) is 24.2 Å². The minimum Gasteiger partial charge on any atom is -0.493 e. The molecule has 4 aromatic rings. The fourth-order valence-electron chi connectivity index (χ4n) is 5.68. The van der Waals surface area contributed by atoms with Crippen LogP contribution in [0.1, 0.15) is 60.3 Å². The molecule has 5 rings (SSSR count). The molecule has 2 aromatic carbocycles. The van der Waals surface area contributed by atoms with Gasteiger partial charge in [0.1, 0.15) is 0 Å². The Balaban J connectivity index is 1.48. The quantitative estimate of drug-likeness (QED) is 0.270. The van der Waals surface area contributed by atoms with E-state index in [2.05, 4.69) is 58.3 Å². The van der Waals surface area contributed by atoms with Crippen molar-refractivity contribution in [3.63, 3.8) is 0 Å². The van der Waals surface area contributed by atoms with E-state index >= 15 is 0 Å². The second-order valence-corrected chi connectivity index (χ2v) is 10.8. The Labute approximate surface area is 240 Å². The van der Waals surface area contributed by atoms with Gasteiger partial charge >= 0.3 is 0 Å². The number of aromatic amines is 1. The maximum absolute atomic E-state index is 13.3. The van der Waals surface area contributed by atoms with Crippen LogP contribution in [0.5, 0.6) is 11.5 Å². The second kappa shape index (κ2) is 12.8. The van der Waals surface area contributed by atoms with Crippen LogP contribution in [0.25, 0.3) is 10.9 Å². The average molecular weight is 561 g/mol. The van der Waals surface area contributed by atoms with Crippen LogP contribution in [-0.4, -0.2) is 63.6 Å². The van der Waals surface area contributed by atoms with Gasteiger partial charge in [-0.1, -0.05) is 13.0 Å². The lowest BCUT2D eigenvalue weighted by Crippen LogP contribution is -2.34. The Morgan fingerprint density at radius 2 is 1.93 bits per heavy atom. The maximum atomic E-state index is 13.3. The van der Waals surface area contributed by atoms with Crippen molar-refractivity contribution in [2.45, 2.75) is 71.7 Å². The number of fused-ring (bicyclic) bond motifs is 1. The first kappa shape index (κ1) is 28.8. The number of methoxy groups -OCH3 is 2. The van der Waals surface area contributed by atoms with Gasteiger partial charge in [-0.3, -0.25) is 9.69 Å². The number of benzene rings is 2. The number of rotatable bonds is 12. The maximum Gasteiger partial charge on any atom is 0.252 e. The standard InChI is InChI=1S/C31H40N6O4/c1-6-27(30-33-34-35-37(30)19-25-8-7-13-41-25)36(12-11-22-9-10-28(39-4)29(16-22)40-5)18-24-17-23-14-20(2)21(3)15-26(23)32-31(24)38/h9-10,14-17,25,27H,6-8,11-13,18-19H2,1-5H3,(H,32,38)/t25-,27-/m0/s1. The van der Waals surface area contributed by atoms with Crippen LogP contribution in [0.4, 0.5) is 0 Å². The second-order valence-electron chi connectivity index (χ2n) is 10.8. The molecule has 0 spiro atoms. The lowest BCUT2D eigenvalue weighted by Gasteiger charge is -2.30. The van der Waals surface area contributed by atoms with E-state index in [0.717, 1.165) is 60.1 Å². The molecule has 10 nitrogen and oxygen atoms in total. The number of nitrogens with zero attached hydrogens (tertiary/aromatic N) is 5. The molecule has 2 atom stereocenters. The van der Waals surface area contributed by atoms with Gasteiger partial charge in [0.15, 0.2) is 17.3 Å². The van der Waals surface area contributed by atoms with Crippen LogP contribution in [0.2, 0.25) is 0 Å². The smallest absolute Gasteiger partial charge is 0.252 e. The first-order chi connectivity index (χ1) is 19.9. The predicted octanol–water partition coefficient (Wildman–Crippen LogP) is 4.52. The van der Waals surface area contributed by atoms with Crippen molar-refractivity contribution in [1.82, 2.24) is 30.1 Å². The first-order valence-electron chi connectivity index (χ1n) is 14.4. The van der Waals surface area contributed by atoms with Gasteiger partial charge < -0.3 is 19.2 Å². The number of pyridine rings is 1. The van der Waals surface area contributed by atoms with Gasteiger partial charge in [0, 0.05) is 30.8 Å². The van der Waals surface area contributed by atoms with Crippen molar-refractivity contribution in [3.8, 4) is 11.5 Å². The third-order valence-corrected chi connectivity index (χ3v) is 8.13. The summed E-state index contributed by atoms with van der Waals surface area (Å²) in [4.78, 5) is 18.7. The molecule has 0 saturated carbocycles. The van der Waals surface area contributed by atoms with E-state index in [9.17, 15) is 4.79 Å². The SMILES string of the molecule is CC[C@@H](c1nnnn1C[C@@H]1CCCO1)N(CCc1ccc(OC)c(OC)c1)Cc1cc2cc(C)c(C)cc2[nH]c1=O. The highest BCUT2D eigenvalue weighted by molar-refractivity contribution is 5.80. The van der Waals surface area contributed by atoms with Crippen molar-refractivity contribution in [1.29, 1.82) is 0 Å². The molecule has 41 heavy (non-hydrogen) atoms. The Morgan fingerprint density at radius 3 is 2.66 bits per heavy atom. The number of H-pyrrole nitrogens is 1. The molecule has 2 aromatic heterocycles. The van der Waals surface area contributed by atoms with E-state index in [1.54, 1.807) is 14.2 Å². The van der Waals surface area contributed by atoms with Gasteiger partial charge in [0.25, 0.3) is 5.56 Å². The average Bonchev–Trinajstić information content (AvgIpc) is 3.66. The number of hydrogen-bond donors (Lipinski definition) is 1. The number of aromatic nitrogens is 5. The number of hydrogen-bond acceptors (Lipinski definition) is 8. The van der Waals surface area contributed by atoms with Crippen LogP contribution in [0.15, 0.2) is 41.2 Å². The molecule has 0 unspecified atom stereocenters. The van der Waals surface area contributed by atoms with Crippen LogP contribution in [0, 0.1) is 13.8 Å². The van der Waals surface area contributed by atoms with Crippen LogP contribution in [0.3, 0.4) is 0 Å². The number of nitrogens with one attached hydrogen (secondary N) is 1.